The van der Waals surface area contributed by atoms with Gasteiger partial charge in [0.15, 0.2) is 5.78 Å². The van der Waals surface area contributed by atoms with Crippen molar-refractivity contribution in [3.8, 4) is 0 Å². The lowest BCUT2D eigenvalue weighted by atomic mass is 9.90. The molecule has 10 nitrogen and oxygen atoms in total. The maximum atomic E-state index is 13.6. The predicted molar refractivity (Wildman–Crippen MR) is 174 cm³/mol. The van der Waals surface area contributed by atoms with Crippen LogP contribution >= 0.6 is 24.0 Å². The number of rotatable bonds is 11. The van der Waals surface area contributed by atoms with Crippen LogP contribution in [0.15, 0.2) is 30.6 Å². The molecule has 12 heteroatoms. The minimum absolute atomic E-state index is 0. The molecule has 1 aliphatic carbocycles. The Labute approximate surface area is 270 Å². The maximum Gasteiger partial charge on any atom is 0.253 e. The second-order valence-electron chi connectivity index (χ2n) is 11.8. The van der Waals surface area contributed by atoms with E-state index in [1.165, 1.54) is 0 Å². The van der Waals surface area contributed by atoms with Gasteiger partial charge in [-0.2, -0.15) is 5.10 Å². The molecular formula is C32H44Cl2N6O4. The smallest absolute Gasteiger partial charge is 0.253 e. The summed E-state index contributed by atoms with van der Waals surface area (Å²) in [5.41, 5.74) is 2.99. The van der Waals surface area contributed by atoms with Crippen LogP contribution in [0.4, 0.5) is 0 Å². The molecule has 2 aromatic heterocycles. The number of methoxy groups -OCH3 is 1. The van der Waals surface area contributed by atoms with Gasteiger partial charge in [-0.15, -0.1) is 12.4 Å². The molecular weight excluding hydrogens is 603 g/mol. The lowest BCUT2D eigenvalue weighted by Gasteiger charge is -2.34. The zero-order valence-corrected chi connectivity index (χ0v) is 27.5. The van der Waals surface area contributed by atoms with Crippen molar-refractivity contribution in [2.75, 3.05) is 46.4 Å². The van der Waals surface area contributed by atoms with Gasteiger partial charge in [0.2, 0.25) is 5.91 Å². The number of amides is 2. The summed E-state index contributed by atoms with van der Waals surface area (Å²) in [5.74, 6) is 0.0297. The van der Waals surface area contributed by atoms with Crippen molar-refractivity contribution >= 4 is 52.5 Å². The Kier molecular flexibility index (Phi) is 11.9. The molecule has 0 bridgehead atoms. The minimum atomic E-state index is -0.156. The molecule has 1 saturated heterocycles. The van der Waals surface area contributed by atoms with Crippen LogP contribution in [0.25, 0.3) is 10.9 Å². The summed E-state index contributed by atoms with van der Waals surface area (Å²) in [6.45, 7) is 8.70. The number of hydrogen-bond donors (Lipinski definition) is 1. The highest BCUT2D eigenvalue weighted by molar-refractivity contribution is 6.31. The summed E-state index contributed by atoms with van der Waals surface area (Å²) in [7, 11) is 1.70. The van der Waals surface area contributed by atoms with Gasteiger partial charge in [0.05, 0.1) is 30.0 Å². The van der Waals surface area contributed by atoms with Gasteiger partial charge in [0, 0.05) is 80.1 Å². The van der Waals surface area contributed by atoms with E-state index in [-0.39, 0.29) is 48.6 Å². The maximum absolute atomic E-state index is 13.6. The number of Topliss-reactive ketones (excluding diaryl/α,β-unsaturated/α-hetero) is 1. The van der Waals surface area contributed by atoms with Crippen LogP contribution in [-0.2, 0) is 16.1 Å². The molecule has 2 amide bonds. The number of nitrogens with one attached hydrogen (secondary N) is 1. The summed E-state index contributed by atoms with van der Waals surface area (Å²) in [4.78, 5) is 43.5. The number of fused-ring (bicyclic) bond motifs is 1. The number of piperazine rings is 1. The SMILES string of the molecule is CCCC(=O)c1cnn(C2CCC(NC(=O)c3cn(CC(=O)N4CCN(CCOC)CC4)c4ccc(Cl)cc34)CC2)c1C.Cl. The van der Waals surface area contributed by atoms with Crippen molar-refractivity contribution in [1.29, 1.82) is 0 Å². The Balaban J connectivity index is 0.00000442. The predicted octanol–water partition coefficient (Wildman–Crippen LogP) is 4.91. The summed E-state index contributed by atoms with van der Waals surface area (Å²) in [5, 5.41) is 9.07. The highest BCUT2D eigenvalue weighted by atomic mass is 35.5. The molecule has 5 rings (SSSR count). The fourth-order valence-corrected chi connectivity index (χ4v) is 6.60. The quantitative estimate of drug-likeness (QED) is 0.297. The number of carbonyl (C=O) groups is 3. The van der Waals surface area contributed by atoms with Crippen LogP contribution in [0.5, 0.6) is 0 Å². The van der Waals surface area contributed by atoms with Crippen LogP contribution in [0.1, 0.15) is 77.9 Å². The van der Waals surface area contributed by atoms with Crippen molar-refractivity contribution in [2.45, 2.75) is 71.0 Å². The third-order valence-corrected chi connectivity index (χ3v) is 9.17. The molecule has 240 valence electrons. The van der Waals surface area contributed by atoms with E-state index in [0.717, 1.165) is 73.9 Å². The molecule has 0 atom stereocenters. The Morgan fingerprint density at radius 2 is 1.80 bits per heavy atom. The first-order chi connectivity index (χ1) is 20.8. The zero-order chi connectivity index (χ0) is 30.5. The summed E-state index contributed by atoms with van der Waals surface area (Å²) >= 11 is 6.34. The minimum Gasteiger partial charge on any atom is -0.383 e. The number of nitrogens with zero attached hydrogens (tertiary/aromatic N) is 5. The van der Waals surface area contributed by atoms with Crippen LogP contribution in [-0.4, -0.2) is 94.2 Å². The van der Waals surface area contributed by atoms with Gasteiger partial charge >= 0.3 is 0 Å². The van der Waals surface area contributed by atoms with E-state index in [0.29, 0.717) is 36.7 Å². The molecule has 0 spiro atoms. The second-order valence-corrected chi connectivity index (χ2v) is 12.2. The van der Waals surface area contributed by atoms with E-state index < -0.39 is 0 Å². The molecule has 44 heavy (non-hydrogen) atoms. The number of benzene rings is 1. The van der Waals surface area contributed by atoms with E-state index in [9.17, 15) is 14.4 Å². The van der Waals surface area contributed by atoms with Gasteiger partial charge < -0.3 is 19.5 Å². The Hall–Kier alpha value is -2.92. The first-order valence-corrected chi connectivity index (χ1v) is 15.8. The third kappa shape index (κ3) is 7.65. The zero-order valence-electron chi connectivity index (χ0n) is 25.9. The molecule has 1 aliphatic heterocycles. The second kappa shape index (κ2) is 15.4. The fourth-order valence-electron chi connectivity index (χ4n) is 6.42. The molecule has 3 aromatic rings. The molecule has 1 N–H and O–H groups in total. The Morgan fingerprint density at radius 3 is 2.48 bits per heavy atom. The number of hydrogen-bond acceptors (Lipinski definition) is 6. The highest BCUT2D eigenvalue weighted by Crippen LogP contribution is 2.31. The summed E-state index contributed by atoms with van der Waals surface area (Å²) in [6, 6.07) is 5.72. The fraction of sp³-hybridized carbons (Fsp3) is 0.562. The van der Waals surface area contributed by atoms with E-state index in [1.807, 2.05) is 34.1 Å². The van der Waals surface area contributed by atoms with Gasteiger partial charge in [-0.1, -0.05) is 18.5 Å². The molecule has 0 radical (unpaired) electrons. The van der Waals surface area contributed by atoms with Crippen LogP contribution in [0, 0.1) is 6.92 Å². The van der Waals surface area contributed by atoms with Gasteiger partial charge in [0.1, 0.15) is 6.54 Å². The summed E-state index contributed by atoms with van der Waals surface area (Å²) in [6.07, 6.45) is 8.23. The largest absolute Gasteiger partial charge is 0.383 e. The molecule has 1 saturated carbocycles. The molecule has 0 unspecified atom stereocenters. The van der Waals surface area contributed by atoms with Gasteiger partial charge in [-0.3, -0.25) is 24.0 Å². The van der Waals surface area contributed by atoms with Crippen LogP contribution < -0.4 is 5.32 Å². The van der Waals surface area contributed by atoms with Gasteiger partial charge in [-0.25, -0.2) is 0 Å². The summed E-state index contributed by atoms with van der Waals surface area (Å²) < 4.78 is 9.04. The molecule has 2 fully saturated rings. The van der Waals surface area contributed by atoms with Crippen molar-refractivity contribution in [3.05, 3.63) is 52.4 Å². The van der Waals surface area contributed by atoms with Crippen molar-refractivity contribution in [3.63, 3.8) is 0 Å². The number of aromatic nitrogens is 3. The normalized spacial score (nSPS) is 19.1. The Morgan fingerprint density at radius 1 is 1.07 bits per heavy atom. The average molecular weight is 648 g/mol. The highest BCUT2D eigenvalue weighted by Gasteiger charge is 2.28. The monoisotopic (exact) mass is 646 g/mol. The van der Waals surface area contributed by atoms with Crippen LogP contribution in [0.3, 0.4) is 0 Å². The van der Waals surface area contributed by atoms with Crippen LogP contribution in [0.2, 0.25) is 5.02 Å². The Bertz CT molecular complexity index is 1450. The van der Waals surface area contributed by atoms with E-state index in [1.54, 1.807) is 31.6 Å². The third-order valence-electron chi connectivity index (χ3n) is 8.93. The number of ketones is 1. The number of carbonyl (C=O) groups excluding carboxylic acids is 3. The first kappa shape index (κ1) is 34.0. The van der Waals surface area contributed by atoms with Crippen molar-refractivity contribution in [1.82, 2.24) is 29.5 Å². The number of halogens is 2. The van der Waals surface area contributed by atoms with E-state index >= 15 is 0 Å². The number of ether oxygens (including phenoxy) is 1. The standard InChI is InChI=1S/C32H43ClN6O4.ClH/c1-4-5-30(40)27-19-34-39(22(27)2)25-9-7-24(8-10-25)35-32(42)28-20-38(29-11-6-23(33)18-26(28)29)21-31(41)37-14-12-36(13-15-37)16-17-43-3;/h6,11,18-20,24-25H,4-5,7-10,12-17,21H2,1-3H3,(H,35,42);1H. The van der Waals surface area contributed by atoms with Gasteiger partial charge in [-0.05, 0) is 57.2 Å². The lowest BCUT2D eigenvalue weighted by Crippen LogP contribution is -2.50. The average Bonchev–Trinajstić information content (AvgIpc) is 3.56. The topological polar surface area (TPSA) is 102 Å². The molecule has 2 aliphatic rings. The van der Waals surface area contributed by atoms with Crippen molar-refractivity contribution in [2.24, 2.45) is 0 Å². The first-order valence-electron chi connectivity index (χ1n) is 15.4. The molecule has 3 heterocycles. The van der Waals surface area contributed by atoms with E-state index in [4.69, 9.17) is 16.3 Å². The molecule has 1 aromatic carbocycles. The van der Waals surface area contributed by atoms with Gasteiger partial charge in [0.25, 0.3) is 5.91 Å². The van der Waals surface area contributed by atoms with Crippen molar-refractivity contribution < 1.29 is 19.1 Å². The van der Waals surface area contributed by atoms with E-state index in [2.05, 4.69) is 15.3 Å². The lowest BCUT2D eigenvalue weighted by molar-refractivity contribution is -0.133.